The maximum absolute atomic E-state index is 11.7. The van der Waals surface area contributed by atoms with Crippen molar-refractivity contribution in [2.24, 2.45) is 5.92 Å². The molecule has 4 heteroatoms. The molecule has 0 radical (unpaired) electrons. The summed E-state index contributed by atoms with van der Waals surface area (Å²) in [6.45, 7) is 2.18. The summed E-state index contributed by atoms with van der Waals surface area (Å²) in [5.41, 5.74) is 0. The third kappa shape index (κ3) is 7.51. The lowest BCUT2D eigenvalue weighted by Crippen LogP contribution is -2.22. The molecule has 0 aromatic carbocycles. The molecule has 0 amide bonds. The van der Waals surface area contributed by atoms with Crippen LogP contribution in [0.5, 0.6) is 0 Å². The van der Waals surface area contributed by atoms with Crippen LogP contribution in [0.25, 0.3) is 0 Å². The van der Waals surface area contributed by atoms with E-state index < -0.39 is 5.97 Å². The van der Waals surface area contributed by atoms with Crippen molar-refractivity contribution < 1.29 is 19.4 Å². The fourth-order valence-electron chi connectivity index (χ4n) is 2.59. The molecule has 1 saturated carbocycles. The smallest absolute Gasteiger partial charge is 0.247 e. The lowest BCUT2D eigenvalue weighted by molar-refractivity contribution is -0.262. The van der Waals surface area contributed by atoms with E-state index in [1.807, 2.05) is 0 Å². The van der Waals surface area contributed by atoms with Gasteiger partial charge in [-0.25, -0.2) is 19.4 Å². The average molecular weight is 284 g/mol. The minimum absolute atomic E-state index is 0.0782. The standard InChI is InChI=1S/C16H28O4/c1-2-3-4-5-6-10-13-15(17)19-20-16(18)14-11-8-7-9-12-14/h14H,2-13H2,1H3. The molecule has 116 valence electrons. The van der Waals surface area contributed by atoms with Gasteiger partial charge in [0.1, 0.15) is 0 Å². The van der Waals surface area contributed by atoms with E-state index in [-0.39, 0.29) is 11.9 Å². The zero-order valence-electron chi connectivity index (χ0n) is 12.7. The largest absolute Gasteiger partial charge is 0.358 e. The summed E-state index contributed by atoms with van der Waals surface area (Å²) in [6, 6.07) is 0. The number of rotatable bonds is 8. The van der Waals surface area contributed by atoms with Crippen LogP contribution in [0, 0.1) is 5.92 Å². The second-order valence-electron chi connectivity index (χ2n) is 5.71. The van der Waals surface area contributed by atoms with Crippen molar-refractivity contribution in [2.45, 2.75) is 84.0 Å². The maximum atomic E-state index is 11.7. The molecular weight excluding hydrogens is 256 g/mol. The molecule has 0 aromatic heterocycles. The highest BCUT2D eigenvalue weighted by Crippen LogP contribution is 2.24. The molecule has 4 nitrogen and oxygen atoms in total. The summed E-state index contributed by atoms with van der Waals surface area (Å²) in [5, 5.41) is 0. The highest BCUT2D eigenvalue weighted by molar-refractivity contribution is 5.74. The van der Waals surface area contributed by atoms with E-state index in [0.717, 1.165) is 44.9 Å². The second kappa shape index (κ2) is 10.7. The molecule has 1 aliphatic rings. The molecule has 0 unspecified atom stereocenters. The molecule has 0 aliphatic heterocycles. The topological polar surface area (TPSA) is 52.6 Å². The van der Waals surface area contributed by atoms with Gasteiger partial charge in [-0.3, -0.25) is 0 Å². The van der Waals surface area contributed by atoms with E-state index in [0.29, 0.717) is 6.42 Å². The Balaban J connectivity index is 2.00. The van der Waals surface area contributed by atoms with Gasteiger partial charge in [0.2, 0.25) is 0 Å². The van der Waals surface area contributed by atoms with Crippen LogP contribution >= 0.6 is 0 Å². The average Bonchev–Trinajstić information content (AvgIpc) is 2.49. The number of carbonyl (C=O) groups excluding carboxylic acids is 2. The maximum Gasteiger partial charge on any atom is 0.358 e. The minimum Gasteiger partial charge on any atom is -0.247 e. The van der Waals surface area contributed by atoms with E-state index >= 15 is 0 Å². The van der Waals surface area contributed by atoms with Gasteiger partial charge in [-0.2, -0.15) is 0 Å². The van der Waals surface area contributed by atoms with E-state index in [1.165, 1.54) is 25.7 Å². The highest BCUT2D eigenvalue weighted by atomic mass is 17.2. The Hall–Kier alpha value is -1.06. The third-order valence-corrected chi connectivity index (χ3v) is 3.89. The number of carbonyl (C=O) groups is 2. The summed E-state index contributed by atoms with van der Waals surface area (Å²) in [7, 11) is 0. The normalized spacial score (nSPS) is 15.8. The van der Waals surface area contributed by atoms with Gasteiger partial charge >= 0.3 is 11.9 Å². The van der Waals surface area contributed by atoms with Crippen molar-refractivity contribution in [3.05, 3.63) is 0 Å². The molecule has 0 N–H and O–H groups in total. The fraction of sp³-hybridized carbons (Fsp3) is 0.875. The van der Waals surface area contributed by atoms with Gasteiger partial charge in [-0.15, -0.1) is 0 Å². The zero-order chi connectivity index (χ0) is 14.6. The molecule has 20 heavy (non-hydrogen) atoms. The summed E-state index contributed by atoms with van der Waals surface area (Å²) in [4.78, 5) is 32.3. The van der Waals surface area contributed by atoms with Gasteiger partial charge in [0.15, 0.2) is 0 Å². The van der Waals surface area contributed by atoms with Crippen molar-refractivity contribution in [1.82, 2.24) is 0 Å². The first-order valence-corrected chi connectivity index (χ1v) is 8.15. The van der Waals surface area contributed by atoms with Crippen molar-refractivity contribution in [1.29, 1.82) is 0 Å². The Bertz CT molecular complexity index is 282. The first-order chi connectivity index (χ1) is 9.74. The van der Waals surface area contributed by atoms with Crippen LogP contribution in [0.2, 0.25) is 0 Å². The SMILES string of the molecule is CCCCCCCCC(=O)OOC(=O)C1CCCCC1. The van der Waals surface area contributed by atoms with Gasteiger partial charge in [0.25, 0.3) is 0 Å². The van der Waals surface area contributed by atoms with Crippen LogP contribution in [0.1, 0.15) is 84.0 Å². The predicted molar refractivity (Wildman–Crippen MR) is 76.8 cm³/mol. The minimum atomic E-state index is -0.426. The number of hydrogen-bond donors (Lipinski definition) is 0. The zero-order valence-corrected chi connectivity index (χ0v) is 12.7. The molecule has 0 spiro atoms. The molecule has 0 atom stereocenters. The first kappa shape index (κ1) is 17.0. The quantitative estimate of drug-likeness (QED) is 0.378. The van der Waals surface area contributed by atoms with Gasteiger partial charge in [-0.1, -0.05) is 58.3 Å². The second-order valence-corrected chi connectivity index (χ2v) is 5.71. The predicted octanol–water partition coefficient (Wildman–Crippen LogP) is 4.32. The van der Waals surface area contributed by atoms with Crippen LogP contribution in [0.4, 0.5) is 0 Å². The molecule has 0 aromatic rings. The Morgan fingerprint density at radius 1 is 0.900 bits per heavy atom. The van der Waals surface area contributed by atoms with Crippen LogP contribution < -0.4 is 0 Å². The third-order valence-electron chi connectivity index (χ3n) is 3.89. The van der Waals surface area contributed by atoms with E-state index in [4.69, 9.17) is 0 Å². The molecule has 0 bridgehead atoms. The molecule has 1 aliphatic carbocycles. The molecule has 1 rings (SSSR count). The number of hydrogen-bond acceptors (Lipinski definition) is 4. The monoisotopic (exact) mass is 284 g/mol. The van der Waals surface area contributed by atoms with Crippen molar-refractivity contribution in [3.8, 4) is 0 Å². The van der Waals surface area contributed by atoms with Crippen LogP contribution in [0.3, 0.4) is 0 Å². The lowest BCUT2D eigenvalue weighted by atomic mass is 9.89. The highest BCUT2D eigenvalue weighted by Gasteiger charge is 2.24. The van der Waals surface area contributed by atoms with Crippen molar-refractivity contribution >= 4 is 11.9 Å². The Morgan fingerprint density at radius 2 is 1.55 bits per heavy atom. The molecule has 0 heterocycles. The Kier molecular flexibility index (Phi) is 9.09. The summed E-state index contributed by atoms with van der Waals surface area (Å²) >= 11 is 0. The summed E-state index contributed by atoms with van der Waals surface area (Å²) in [6.07, 6.45) is 12.0. The first-order valence-electron chi connectivity index (χ1n) is 8.15. The molecule has 0 saturated heterocycles. The summed E-state index contributed by atoms with van der Waals surface area (Å²) < 4.78 is 0. The fourth-order valence-corrected chi connectivity index (χ4v) is 2.59. The lowest BCUT2D eigenvalue weighted by Gasteiger charge is -2.18. The van der Waals surface area contributed by atoms with Crippen LogP contribution in [-0.2, 0) is 19.4 Å². The van der Waals surface area contributed by atoms with Crippen molar-refractivity contribution in [2.75, 3.05) is 0 Å². The molecular formula is C16H28O4. The van der Waals surface area contributed by atoms with Crippen LogP contribution in [0.15, 0.2) is 0 Å². The van der Waals surface area contributed by atoms with E-state index in [2.05, 4.69) is 16.7 Å². The van der Waals surface area contributed by atoms with Gasteiger partial charge in [-0.05, 0) is 19.3 Å². The number of unbranched alkanes of at least 4 members (excludes halogenated alkanes) is 5. The van der Waals surface area contributed by atoms with Crippen molar-refractivity contribution in [3.63, 3.8) is 0 Å². The summed E-state index contributed by atoms with van der Waals surface area (Å²) in [5.74, 6) is -0.878. The van der Waals surface area contributed by atoms with Gasteiger partial charge in [0.05, 0.1) is 12.3 Å². The molecule has 1 fully saturated rings. The van der Waals surface area contributed by atoms with Gasteiger partial charge < -0.3 is 0 Å². The van der Waals surface area contributed by atoms with E-state index in [1.54, 1.807) is 0 Å². The Labute approximate surface area is 122 Å². The van der Waals surface area contributed by atoms with Crippen LogP contribution in [-0.4, -0.2) is 11.9 Å². The Morgan fingerprint density at radius 3 is 2.25 bits per heavy atom. The van der Waals surface area contributed by atoms with E-state index in [9.17, 15) is 9.59 Å². The van der Waals surface area contributed by atoms with Gasteiger partial charge in [0, 0.05) is 0 Å².